The van der Waals surface area contributed by atoms with Crippen LogP contribution >= 0.6 is 0 Å². The second-order valence-corrected chi connectivity index (χ2v) is 13.7. The van der Waals surface area contributed by atoms with E-state index in [0.717, 1.165) is 11.1 Å². The fourth-order valence-electron chi connectivity index (χ4n) is 8.75. The zero-order chi connectivity index (χ0) is 32.6. The van der Waals surface area contributed by atoms with Crippen molar-refractivity contribution in [3.8, 4) is 11.5 Å². The summed E-state index contributed by atoms with van der Waals surface area (Å²) in [6.07, 6.45) is 4.08. The second-order valence-electron chi connectivity index (χ2n) is 13.7. The molecule has 2 heterocycles. The van der Waals surface area contributed by atoms with Crippen LogP contribution < -0.4 is 4.74 Å². The molecule has 3 bridgehead atoms. The molecule has 0 amide bonds. The first-order valence-electron chi connectivity index (χ1n) is 15.8. The topological polar surface area (TPSA) is 121 Å². The summed E-state index contributed by atoms with van der Waals surface area (Å²) in [5.41, 5.74) is -0.310. The van der Waals surface area contributed by atoms with Crippen molar-refractivity contribution in [2.24, 2.45) is 17.8 Å². The van der Waals surface area contributed by atoms with E-state index < -0.39 is 46.7 Å². The fourth-order valence-corrected chi connectivity index (χ4v) is 8.75. The molecule has 3 fully saturated rings. The number of hydrogen-bond acceptors (Lipinski definition) is 9. The first-order valence-corrected chi connectivity index (χ1v) is 15.8. The molecular weight excluding hydrogens is 588 g/mol. The molecule has 2 aromatic rings. The first-order chi connectivity index (χ1) is 21.9. The molecule has 0 radical (unpaired) electrons. The average Bonchev–Trinajstić information content (AvgIpc) is 3.32. The number of phenolic OH excluding ortho intramolecular Hbond substituents is 1. The van der Waals surface area contributed by atoms with Crippen LogP contribution in [-0.2, 0) is 41.4 Å². The van der Waals surface area contributed by atoms with Gasteiger partial charge in [-0.15, -0.1) is 0 Å². The number of ketones is 1. The number of carbonyl (C=O) groups excluding carboxylic acids is 2. The second kappa shape index (κ2) is 10.6. The number of carbonyl (C=O) groups is 2. The van der Waals surface area contributed by atoms with Gasteiger partial charge in [0.2, 0.25) is 0 Å². The highest BCUT2D eigenvalue weighted by Crippen LogP contribution is 2.68. The summed E-state index contributed by atoms with van der Waals surface area (Å²) >= 11 is 0. The van der Waals surface area contributed by atoms with Crippen LogP contribution in [0.2, 0.25) is 0 Å². The summed E-state index contributed by atoms with van der Waals surface area (Å²) in [6.45, 7) is 9.97. The molecule has 9 heteroatoms. The third-order valence-electron chi connectivity index (χ3n) is 10.8. The van der Waals surface area contributed by atoms with Crippen LogP contribution in [0.4, 0.5) is 0 Å². The molecule has 0 aromatic heterocycles. The Balaban J connectivity index is 1.28. The summed E-state index contributed by atoms with van der Waals surface area (Å²) in [7, 11) is 1.46. The number of ether oxygens (including phenoxy) is 5. The number of aromatic hydroxyl groups is 1. The Morgan fingerprint density at radius 2 is 1.89 bits per heavy atom. The summed E-state index contributed by atoms with van der Waals surface area (Å²) in [4.78, 5) is 26.9. The van der Waals surface area contributed by atoms with Crippen LogP contribution in [0, 0.1) is 17.8 Å². The highest BCUT2D eigenvalue weighted by Gasteiger charge is 2.79. The Labute approximate surface area is 268 Å². The molecule has 0 spiro atoms. The van der Waals surface area contributed by atoms with E-state index in [1.54, 1.807) is 13.0 Å². The Morgan fingerprint density at radius 3 is 2.61 bits per heavy atom. The van der Waals surface area contributed by atoms with Crippen molar-refractivity contribution in [3.05, 3.63) is 95.1 Å². The highest BCUT2D eigenvalue weighted by molar-refractivity contribution is 6.04. The SMILES string of the molecule is C=C(C)[C@]12C[C@@H](C)[C@@]34O[C@@](Cc5ccccc5)(O[C@@H]1[C@@H]3C=C(COC(=O)Cc1ccc(O)cc1OC)C[C@]1(O)C(=O)C(C)=C[C@@H]41)O2. The molecule has 7 rings (SSSR count). The van der Waals surface area contributed by atoms with Gasteiger partial charge in [0.25, 0.3) is 5.97 Å². The van der Waals surface area contributed by atoms with E-state index in [4.69, 9.17) is 23.7 Å². The van der Waals surface area contributed by atoms with Gasteiger partial charge < -0.3 is 33.9 Å². The highest BCUT2D eigenvalue weighted by atomic mass is 16.9. The standard InChI is InChI=1S/C37H40O9/c1-21(2)35-17-23(4)37-28(33(35)44-36(45-35,46-37)19-24-9-7-6-8-10-24)14-25(18-34(41)30(37)13-22(3)32(34)40)20-43-31(39)15-26-11-12-27(38)16-29(26)42-5/h6-14,16,23,28,30,33,38,41H,1,15,17-20H2,2-5H3/t23-,28+,30-,33-,34-,35-,36+,37-/m1/s1. The normalized spacial score (nSPS) is 37.1. The van der Waals surface area contributed by atoms with Crippen molar-refractivity contribution in [2.75, 3.05) is 13.7 Å². The van der Waals surface area contributed by atoms with Gasteiger partial charge in [0.05, 0.1) is 25.6 Å². The molecule has 2 saturated heterocycles. The minimum atomic E-state index is -1.81. The molecule has 0 unspecified atom stereocenters. The van der Waals surface area contributed by atoms with Crippen molar-refractivity contribution in [2.45, 2.75) is 75.3 Å². The Bertz CT molecular complexity index is 1680. The number of phenols is 1. The molecule has 242 valence electrons. The molecule has 2 N–H and O–H groups in total. The minimum absolute atomic E-state index is 0.0200. The van der Waals surface area contributed by atoms with Gasteiger partial charge in [-0.1, -0.05) is 62.1 Å². The third-order valence-corrected chi connectivity index (χ3v) is 10.8. The lowest BCUT2D eigenvalue weighted by Gasteiger charge is -2.59. The van der Waals surface area contributed by atoms with E-state index in [1.165, 1.54) is 19.2 Å². The van der Waals surface area contributed by atoms with E-state index in [-0.39, 0.29) is 36.9 Å². The fraction of sp³-hybridized carbons (Fsp3) is 0.459. The number of hydrogen-bond donors (Lipinski definition) is 2. The molecule has 5 aliphatic rings. The maximum atomic E-state index is 13.8. The van der Waals surface area contributed by atoms with Crippen LogP contribution in [0.3, 0.4) is 0 Å². The van der Waals surface area contributed by atoms with Gasteiger partial charge in [0, 0.05) is 29.9 Å². The Kier molecular flexibility index (Phi) is 7.14. The maximum Gasteiger partial charge on any atom is 0.310 e. The van der Waals surface area contributed by atoms with E-state index >= 15 is 0 Å². The molecule has 8 atom stereocenters. The summed E-state index contributed by atoms with van der Waals surface area (Å²) < 4.78 is 31.9. The van der Waals surface area contributed by atoms with Crippen molar-refractivity contribution in [1.82, 2.24) is 0 Å². The largest absolute Gasteiger partial charge is 0.508 e. The van der Waals surface area contributed by atoms with Gasteiger partial charge >= 0.3 is 5.97 Å². The predicted octanol–water partition coefficient (Wildman–Crippen LogP) is 4.74. The number of esters is 1. The van der Waals surface area contributed by atoms with Crippen LogP contribution in [0.25, 0.3) is 0 Å². The van der Waals surface area contributed by atoms with Crippen molar-refractivity contribution in [1.29, 1.82) is 0 Å². The molecule has 1 saturated carbocycles. The van der Waals surface area contributed by atoms with E-state index in [2.05, 4.69) is 13.5 Å². The van der Waals surface area contributed by atoms with Crippen LogP contribution in [-0.4, -0.2) is 64.6 Å². The molecular formula is C37H40O9. The quantitative estimate of drug-likeness (QED) is 0.315. The van der Waals surface area contributed by atoms with Crippen molar-refractivity contribution < 1.29 is 43.5 Å². The number of methoxy groups -OCH3 is 1. The predicted molar refractivity (Wildman–Crippen MR) is 167 cm³/mol. The van der Waals surface area contributed by atoms with E-state index in [9.17, 15) is 19.8 Å². The van der Waals surface area contributed by atoms with Crippen molar-refractivity contribution in [3.63, 3.8) is 0 Å². The molecule has 3 aliphatic carbocycles. The smallest absolute Gasteiger partial charge is 0.310 e. The lowest BCUT2D eigenvalue weighted by molar-refractivity contribution is -0.421. The maximum absolute atomic E-state index is 13.8. The number of benzene rings is 2. The van der Waals surface area contributed by atoms with E-state index in [1.807, 2.05) is 49.4 Å². The molecule has 2 aromatic carbocycles. The van der Waals surface area contributed by atoms with Crippen LogP contribution in [0.15, 0.2) is 84.0 Å². The zero-order valence-electron chi connectivity index (χ0n) is 26.6. The number of fused-ring (bicyclic) bond motifs is 2. The number of aliphatic hydroxyl groups is 1. The van der Waals surface area contributed by atoms with Gasteiger partial charge in [-0.05, 0) is 54.5 Å². The third kappa shape index (κ3) is 4.43. The van der Waals surface area contributed by atoms with Gasteiger partial charge in [-0.3, -0.25) is 9.59 Å². The zero-order valence-corrected chi connectivity index (χ0v) is 26.6. The van der Waals surface area contributed by atoms with Gasteiger partial charge in [-0.2, -0.15) is 0 Å². The van der Waals surface area contributed by atoms with Crippen LogP contribution in [0.5, 0.6) is 11.5 Å². The summed E-state index contributed by atoms with van der Waals surface area (Å²) in [5, 5.41) is 22.2. The summed E-state index contributed by atoms with van der Waals surface area (Å²) in [5.74, 6) is -3.24. The summed E-state index contributed by atoms with van der Waals surface area (Å²) in [6, 6.07) is 14.4. The Hall–Kier alpha value is -3.76. The Morgan fingerprint density at radius 1 is 1.13 bits per heavy atom. The first kappa shape index (κ1) is 30.9. The van der Waals surface area contributed by atoms with Gasteiger partial charge in [0.15, 0.2) is 5.78 Å². The number of Topliss-reactive ketones (excluding diaryl/α,β-unsaturated/α-hetero) is 1. The molecule has 9 nitrogen and oxygen atoms in total. The van der Waals surface area contributed by atoms with E-state index in [0.29, 0.717) is 35.3 Å². The molecule has 2 aliphatic heterocycles. The molecule has 46 heavy (non-hydrogen) atoms. The lowest BCUT2D eigenvalue weighted by Crippen LogP contribution is -2.70. The lowest BCUT2D eigenvalue weighted by atomic mass is 9.55. The average molecular weight is 629 g/mol. The monoisotopic (exact) mass is 628 g/mol. The van der Waals surface area contributed by atoms with Gasteiger partial charge in [-0.25, -0.2) is 0 Å². The van der Waals surface area contributed by atoms with Gasteiger partial charge in [0.1, 0.15) is 35.4 Å². The van der Waals surface area contributed by atoms with Crippen molar-refractivity contribution >= 4 is 11.8 Å². The number of rotatable bonds is 8. The minimum Gasteiger partial charge on any atom is -0.508 e. The van der Waals surface area contributed by atoms with Crippen LogP contribution in [0.1, 0.15) is 44.7 Å².